The van der Waals surface area contributed by atoms with E-state index in [1.807, 2.05) is 0 Å². The molecule has 1 atom stereocenters. The third-order valence-electron chi connectivity index (χ3n) is 1.37. The molecule has 6 heteroatoms. The Bertz CT molecular complexity index is 292. The van der Waals surface area contributed by atoms with Crippen LogP contribution < -0.4 is 5.11 Å². The van der Waals surface area contributed by atoms with Crippen molar-refractivity contribution in [3.8, 4) is 0 Å². The summed E-state index contributed by atoms with van der Waals surface area (Å²) in [7, 11) is 0. The molecule has 0 bridgehead atoms. The van der Waals surface area contributed by atoms with Crippen LogP contribution in [0.5, 0.6) is 0 Å². The SMILES string of the molecule is [O-]C(OOO)c1cccc(Cl)c1Cl. The largest absolute Gasteiger partial charge is 0.825 e. The van der Waals surface area contributed by atoms with Crippen molar-refractivity contribution in [2.75, 3.05) is 0 Å². The summed E-state index contributed by atoms with van der Waals surface area (Å²) in [6, 6.07) is 4.49. The van der Waals surface area contributed by atoms with Gasteiger partial charge in [-0.3, -0.25) is 0 Å². The topological polar surface area (TPSA) is 61.8 Å². The molecule has 1 aromatic rings. The first-order chi connectivity index (χ1) is 6.16. The van der Waals surface area contributed by atoms with Crippen molar-refractivity contribution in [2.24, 2.45) is 0 Å². The molecular formula is C7H5Cl2O4-. The third kappa shape index (κ3) is 2.54. The third-order valence-corrected chi connectivity index (χ3v) is 2.20. The Kier molecular flexibility index (Phi) is 3.92. The van der Waals surface area contributed by atoms with Crippen molar-refractivity contribution in [3.63, 3.8) is 0 Å². The van der Waals surface area contributed by atoms with E-state index in [2.05, 4.69) is 9.93 Å². The van der Waals surface area contributed by atoms with Crippen LogP contribution in [0.2, 0.25) is 10.0 Å². The Morgan fingerprint density at radius 3 is 2.69 bits per heavy atom. The van der Waals surface area contributed by atoms with Gasteiger partial charge in [-0.15, -0.1) is 0 Å². The maximum absolute atomic E-state index is 11.1. The molecule has 0 radical (unpaired) electrons. The molecular weight excluding hydrogens is 219 g/mol. The summed E-state index contributed by atoms with van der Waals surface area (Å²) >= 11 is 11.3. The lowest BCUT2D eigenvalue weighted by Crippen LogP contribution is -2.19. The van der Waals surface area contributed by atoms with Crippen LogP contribution in [-0.2, 0) is 9.93 Å². The predicted octanol–water partition coefficient (Wildman–Crippen LogP) is 1.77. The van der Waals surface area contributed by atoms with Crippen LogP contribution in [0.4, 0.5) is 0 Å². The second-order valence-corrected chi connectivity index (χ2v) is 2.93. The van der Waals surface area contributed by atoms with Crippen molar-refractivity contribution in [3.05, 3.63) is 33.8 Å². The van der Waals surface area contributed by atoms with Gasteiger partial charge in [0.15, 0.2) is 0 Å². The van der Waals surface area contributed by atoms with Crippen molar-refractivity contribution >= 4 is 23.2 Å². The Hall–Kier alpha value is -0.360. The van der Waals surface area contributed by atoms with Gasteiger partial charge >= 0.3 is 0 Å². The van der Waals surface area contributed by atoms with Gasteiger partial charge in [-0.2, -0.15) is 0 Å². The van der Waals surface area contributed by atoms with Crippen molar-refractivity contribution in [1.29, 1.82) is 0 Å². The molecule has 0 aromatic heterocycles. The van der Waals surface area contributed by atoms with Gasteiger partial charge < -0.3 is 5.11 Å². The van der Waals surface area contributed by atoms with Gasteiger partial charge in [0.05, 0.1) is 10.0 Å². The summed E-state index contributed by atoms with van der Waals surface area (Å²) < 4.78 is 0. The maximum atomic E-state index is 11.1. The first-order valence-corrected chi connectivity index (χ1v) is 3.99. The lowest BCUT2D eigenvalue weighted by Gasteiger charge is -2.20. The van der Waals surface area contributed by atoms with Gasteiger partial charge in [0, 0.05) is 6.29 Å². The van der Waals surface area contributed by atoms with E-state index in [1.165, 1.54) is 18.2 Å². The van der Waals surface area contributed by atoms with Crippen LogP contribution in [0, 0.1) is 0 Å². The minimum absolute atomic E-state index is 0.0845. The van der Waals surface area contributed by atoms with Gasteiger partial charge in [-0.05, 0) is 11.6 Å². The average molecular weight is 224 g/mol. The van der Waals surface area contributed by atoms with Gasteiger partial charge in [-0.25, -0.2) is 10.1 Å². The van der Waals surface area contributed by atoms with E-state index in [0.29, 0.717) is 0 Å². The molecule has 1 unspecified atom stereocenters. The molecule has 0 saturated carbocycles. The van der Waals surface area contributed by atoms with E-state index < -0.39 is 6.29 Å². The number of halogens is 2. The van der Waals surface area contributed by atoms with Gasteiger partial charge in [0.1, 0.15) is 0 Å². The molecule has 0 fully saturated rings. The summed E-state index contributed by atoms with van der Waals surface area (Å²) in [5.41, 5.74) is 0.100. The zero-order valence-corrected chi connectivity index (χ0v) is 7.75. The first kappa shape index (κ1) is 10.7. The normalized spacial score (nSPS) is 12.9. The molecule has 0 aliphatic carbocycles. The molecule has 0 aliphatic heterocycles. The Morgan fingerprint density at radius 1 is 1.38 bits per heavy atom. The number of hydrogen-bond acceptors (Lipinski definition) is 4. The highest BCUT2D eigenvalue weighted by Gasteiger charge is 2.07. The summed E-state index contributed by atoms with van der Waals surface area (Å²) in [6.07, 6.45) is -1.73. The second-order valence-electron chi connectivity index (χ2n) is 2.15. The Labute approximate surface area is 84.1 Å². The van der Waals surface area contributed by atoms with Gasteiger partial charge in [-0.1, -0.05) is 40.4 Å². The molecule has 13 heavy (non-hydrogen) atoms. The van der Waals surface area contributed by atoms with Crippen LogP contribution in [0.25, 0.3) is 0 Å². The Morgan fingerprint density at radius 2 is 2.08 bits per heavy atom. The highest BCUT2D eigenvalue weighted by Crippen LogP contribution is 2.29. The zero-order valence-electron chi connectivity index (χ0n) is 6.24. The smallest absolute Gasteiger partial charge is 0.0637 e. The molecule has 0 amide bonds. The lowest BCUT2D eigenvalue weighted by molar-refractivity contribution is -0.628. The fourth-order valence-corrected chi connectivity index (χ4v) is 1.19. The minimum Gasteiger partial charge on any atom is -0.825 e. The van der Waals surface area contributed by atoms with E-state index in [0.717, 1.165) is 0 Å². The molecule has 0 spiro atoms. The monoisotopic (exact) mass is 223 g/mol. The second kappa shape index (κ2) is 4.76. The first-order valence-electron chi connectivity index (χ1n) is 3.23. The van der Waals surface area contributed by atoms with Crippen molar-refractivity contribution < 1.29 is 20.3 Å². The molecule has 72 valence electrons. The quantitative estimate of drug-likeness (QED) is 0.482. The molecule has 4 nitrogen and oxygen atoms in total. The van der Waals surface area contributed by atoms with E-state index in [9.17, 15) is 5.11 Å². The van der Waals surface area contributed by atoms with Crippen LogP contribution >= 0.6 is 23.2 Å². The van der Waals surface area contributed by atoms with Gasteiger partial charge in [0.25, 0.3) is 0 Å². The standard InChI is InChI=1S/C7H5Cl2O4/c8-5-3-1-2-4(6(5)9)7(10)12-13-11/h1-3,7,11H/q-1. The molecule has 1 rings (SSSR count). The van der Waals surface area contributed by atoms with Crippen LogP contribution in [0.3, 0.4) is 0 Å². The van der Waals surface area contributed by atoms with Crippen LogP contribution in [-0.4, -0.2) is 5.26 Å². The summed E-state index contributed by atoms with van der Waals surface area (Å²) in [5, 5.41) is 22.5. The highest BCUT2D eigenvalue weighted by molar-refractivity contribution is 6.42. The van der Waals surface area contributed by atoms with Gasteiger partial charge in [0.2, 0.25) is 0 Å². The van der Waals surface area contributed by atoms with Crippen LogP contribution in [0.15, 0.2) is 18.2 Å². The molecule has 1 aromatic carbocycles. The fourth-order valence-electron chi connectivity index (χ4n) is 0.793. The predicted molar refractivity (Wildman–Crippen MR) is 44.0 cm³/mol. The molecule has 1 N–H and O–H groups in total. The summed E-state index contributed by atoms with van der Waals surface area (Å²) in [5.74, 6) is 0. The van der Waals surface area contributed by atoms with E-state index in [-0.39, 0.29) is 15.6 Å². The number of rotatable bonds is 3. The van der Waals surface area contributed by atoms with Crippen molar-refractivity contribution in [2.45, 2.75) is 6.29 Å². The number of hydrogen-bond donors (Lipinski definition) is 1. The minimum atomic E-state index is -1.73. The van der Waals surface area contributed by atoms with E-state index in [4.69, 9.17) is 28.5 Å². The average Bonchev–Trinajstić information content (AvgIpc) is 2.10. The number of benzene rings is 1. The fraction of sp³-hybridized carbons (Fsp3) is 0.143. The molecule has 0 saturated heterocycles. The van der Waals surface area contributed by atoms with Crippen molar-refractivity contribution in [1.82, 2.24) is 0 Å². The molecule has 0 aliphatic rings. The summed E-state index contributed by atoms with van der Waals surface area (Å²) in [6.45, 7) is 0. The zero-order chi connectivity index (χ0) is 9.84. The lowest BCUT2D eigenvalue weighted by atomic mass is 10.2. The van der Waals surface area contributed by atoms with E-state index in [1.54, 1.807) is 0 Å². The van der Waals surface area contributed by atoms with E-state index >= 15 is 0 Å². The maximum Gasteiger partial charge on any atom is 0.0637 e. The summed E-state index contributed by atoms with van der Waals surface area (Å²) in [4.78, 5) is 3.92. The van der Waals surface area contributed by atoms with Crippen LogP contribution in [0.1, 0.15) is 11.9 Å². The molecule has 0 heterocycles. The Balaban J connectivity index is 2.93. The highest BCUT2D eigenvalue weighted by atomic mass is 35.5.